The molecule has 3 fully saturated rings. The molecule has 0 heterocycles. The van der Waals surface area contributed by atoms with Gasteiger partial charge in [-0.3, -0.25) is 0 Å². The van der Waals surface area contributed by atoms with Crippen molar-refractivity contribution in [2.24, 2.45) is 16.7 Å². The summed E-state index contributed by atoms with van der Waals surface area (Å²) in [5, 5.41) is 0. The van der Waals surface area contributed by atoms with Crippen molar-refractivity contribution in [1.29, 1.82) is 0 Å². The van der Waals surface area contributed by atoms with Crippen LogP contribution >= 0.6 is 0 Å². The lowest BCUT2D eigenvalue weighted by Crippen LogP contribution is -2.34. The third kappa shape index (κ3) is 0.300. The van der Waals surface area contributed by atoms with E-state index in [2.05, 4.69) is 6.92 Å². The summed E-state index contributed by atoms with van der Waals surface area (Å²) in [4.78, 5) is 0. The fourth-order valence-electron chi connectivity index (χ4n) is 3.76. The first-order valence-electron chi connectivity index (χ1n) is 4.27. The van der Waals surface area contributed by atoms with Crippen molar-refractivity contribution in [2.75, 3.05) is 0 Å². The van der Waals surface area contributed by atoms with Crippen LogP contribution in [0.5, 0.6) is 0 Å². The van der Waals surface area contributed by atoms with E-state index in [0.29, 0.717) is 0 Å². The molecule has 3 unspecified atom stereocenters. The molecule has 0 amide bonds. The Hall–Kier alpha value is 0. The molecular formula is C9H14. The Balaban J connectivity index is 2.06. The van der Waals surface area contributed by atoms with E-state index in [0.717, 1.165) is 10.8 Å². The van der Waals surface area contributed by atoms with Gasteiger partial charge in [0, 0.05) is 0 Å². The van der Waals surface area contributed by atoms with Crippen LogP contribution in [0.2, 0.25) is 0 Å². The molecule has 9 heavy (non-hydrogen) atoms. The van der Waals surface area contributed by atoms with Crippen molar-refractivity contribution in [3.63, 3.8) is 0 Å². The normalized spacial score (nSPS) is 68.3. The minimum Gasteiger partial charge on any atom is -0.0591 e. The van der Waals surface area contributed by atoms with E-state index in [1.165, 1.54) is 12.3 Å². The summed E-state index contributed by atoms with van der Waals surface area (Å²) in [7, 11) is 0. The highest BCUT2D eigenvalue weighted by atomic mass is 14.8. The van der Waals surface area contributed by atoms with Gasteiger partial charge in [0.15, 0.2) is 0 Å². The van der Waals surface area contributed by atoms with Gasteiger partial charge in [-0.2, -0.15) is 0 Å². The second-order valence-electron chi connectivity index (χ2n) is 4.68. The molecule has 0 heteroatoms. The molecular weight excluding hydrogens is 108 g/mol. The van der Waals surface area contributed by atoms with Gasteiger partial charge in [-0.15, -0.1) is 0 Å². The minimum atomic E-state index is 0.845. The maximum absolute atomic E-state index is 2.52. The summed E-state index contributed by atoms with van der Waals surface area (Å²) in [6, 6.07) is 0. The molecule has 0 saturated heterocycles. The maximum atomic E-state index is 2.52. The van der Waals surface area contributed by atoms with Crippen LogP contribution in [-0.2, 0) is 0 Å². The lowest BCUT2D eigenvalue weighted by Gasteiger charge is -2.42. The number of hydrogen-bond donors (Lipinski definition) is 0. The Labute approximate surface area is 56.6 Å². The van der Waals surface area contributed by atoms with Crippen molar-refractivity contribution < 1.29 is 0 Å². The molecule has 0 nitrogen and oxygen atoms in total. The summed E-state index contributed by atoms with van der Waals surface area (Å²) < 4.78 is 0. The molecule has 0 aromatic carbocycles. The van der Waals surface area contributed by atoms with Gasteiger partial charge in [0.1, 0.15) is 0 Å². The van der Waals surface area contributed by atoms with Gasteiger partial charge in [0.05, 0.1) is 0 Å². The monoisotopic (exact) mass is 122 g/mol. The van der Waals surface area contributed by atoms with Crippen LogP contribution in [0.1, 0.15) is 39.0 Å². The van der Waals surface area contributed by atoms with E-state index in [1.807, 2.05) is 0 Å². The number of rotatable bonds is 0. The molecule has 0 aromatic rings. The largest absolute Gasteiger partial charge is 0.0591 e. The average molecular weight is 122 g/mol. The van der Waals surface area contributed by atoms with Crippen molar-refractivity contribution in [2.45, 2.75) is 39.0 Å². The van der Waals surface area contributed by atoms with Crippen molar-refractivity contribution in [3.8, 4) is 0 Å². The smallest absolute Gasteiger partial charge is 0.0212 e. The average Bonchev–Trinajstić information content (AvgIpc) is 2.27. The van der Waals surface area contributed by atoms with Gasteiger partial charge in [-0.05, 0) is 42.4 Å². The first-order chi connectivity index (χ1) is 4.27. The zero-order chi connectivity index (χ0) is 6.11. The minimum absolute atomic E-state index is 0.845. The van der Waals surface area contributed by atoms with E-state index in [-0.39, 0.29) is 0 Å². The molecule has 0 aromatic heterocycles. The van der Waals surface area contributed by atoms with E-state index in [1.54, 1.807) is 25.7 Å². The highest BCUT2D eigenvalue weighted by Gasteiger charge is 2.74. The summed E-state index contributed by atoms with van der Waals surface area (Å²) >= 11 is 0. The fourth-order valence-corrected chi connectivity index (χ4v) is 3.76. The molecule has 3 atom stereocenters. The van der Waals surface area contributed by atoms with Crippen LogP contribution in [0.4, 0.5) is 0 Å². The standard InChI is InChI=1S/C9H14/c1-8-3-2-4-9(8)6-7(9)5-8/h7H,2-6H2,1H3. The van der Waals surface area contributed by atoms with Crippen LogP contribution in [0.25, 0.3) is 0 Å². The molecule has 0 radical (unpaired) electrons. The third-order valence-electron chi connectivity index (χ3n) is 4.48. The van der Waals surface area contributed by atoms with E-state index < -0.39 is 0 Å². The Bertz CT molecular complexity index is 164. The summed E-state index contributed by atoms with van der Waals surface area (Å²) in [5.74, 6) is 1.20. The summed E-state index contributed by atoms with van der Waals surface area (Å²) in [5.41, 5.74) is 1.78. The molecule has 0 aliphatic heterocycles. The Kier molecular flexibility index (Phi) is 0.518. The van der Waals surface area contributed by atoms with Crippen molar-refractivity contribution in [3.05, 3.63) is 0 Å². The molecule has 3 rings (SSSR count). The topological polar surface area (TPSA) is 0 Å². The molecule has 3 aliphatic carbocycles. The Morgan fingerprint density at radius 2 is 2.11 bits per heavy atom. The molecule has 1 spiro atoms. The van der Waals surface area contributed by atoms with Crippen LogP contribution < -0.4 is 0 Å². The molecule has 0 bridgehead atoms. The van der Waals surface area contributed by atoms with Gasteiger partial charge in [0.2, 0.25) is 0 Å². The maximum Gasteiger partial charge on any atom is -0.0212 e. The first-order valence-corrected chi connectivity index (χ1v) is 4.27. The zero-order valence-corrected chi connectivity index (χ0v) is 6.11. The second-order valence-corrected chi connectivity index (χ2v) is 4.68. The lowest BCUT2D eigenvalue weighted by molar-refractivity contribution is 0.0718. The van der Waals surface area contributed by atoms with Crippen LogP contribution in [-0.4, -0.2) is 0 Å². The Morgan fingerprint density at radius 1 is 1.22 bits per heavy atom. The van der Waals surface area contributed by atoms with Gasteiger partial charge >= 0.3 is 0 Å². The lowest BCUT2D eigenvalue weighted by atomic mass is 9.63. The summed E-state index contributed by atoms with van der Waals surface area (Å²) in [6.45, 7) is 2.52. The van der Waals surface area contributed by atoms with Crippen LogP contribution in [0.15, 0.2) is 0 Å². The van der Waals surface area contributed by atoms with E-state index >= 15 is 0 Å². The van der Waals surface area contributed by atoms with Gasteiger partial charge in [0.25, 0.3) is 0 Å². The number of hydrogen-bond acceptors (Lipinski definition) is 0. The Morgan fingerprint density at radius 3 is 2.56 bits per heavy atom. The second kappa shape index (κ2) is 0.980. The highest BCUT2D eigenvalue weighted by Crippen LogP contribution is 2.83. The van der Waals surface area contributed by atoms with Crippen LogP contribution in [0.3, 0.4) is 0 Å². The fraction of sp³-hybridized carbons (Fsp3) is 1.00. The molecule has 0 N–H and O–H groups in total. The van der Waals surface area contributed by atoms with Crippen molar-refractivity contribution >= 4 is 0 Å². The van der Waals surface area contributed by atoms with Crippen molar-refractivity contribution in [1.82, 2.24) is 0 Å². The zero-order valence-electron chi connectivity index (χ0n) is 6.11. The molecule has 3 saturated carbocycles. The molecule has 3 aliphatic rings. The van der Waals surface area contributed by atoms with Crippen LogP contribution in [0, 0.1) is 16.7 Å². The summed E-state index contributed by atoms with van der Waals surface area (Å²) in [6.07, 6.45) is 7.83. The quantitative estimate of drug-likeness (QED) is 0.463. The van der Waals surface area contributed by atoms with Gasteiger partial charge in [-0.25, -0.2) is 0 Å². The van der Waals surface area contributed by atoms with E-state index in [9.17, 15) is 0 Å². The highest BCUT2D eigenvalue weighted by molar-refractivity contribution is 5.24. The predicted octanol–water partition coefficient (Wildman–Crippen LogP) is 2.59. The first kappa shape index (κ1) is 4.76. The predicted molar refractivity (Wildman–Crippen MR) is 37.1 cm³/mol. The SMILES string of the molecule is CC12CCCC13CC3C2. The van der Waals surface area contributed by atoms with Gasteiger partial charge in [-0.1, -0.05) is 13.3 Å². The third-order valence-corrected chi connectivity index (χ3v) is 4.48. The van der Waals surface area contributed by atoms with Gasteiger partial charge < -0.3 is 0 Å². The van der Waals surface area contributed by atoms with E-state index in [4.69, 9.17) is 0 Å². The molecule has 50 valence electrons.